The van der Waals surface area contributed by atoms with Crippen molar-refractivity contribution in [1.29, 1.82) is 0 Å². The highest BCUT2D eigenvalue weighted by Crippen LogP contribution is 2.27. The van der Waals surface area contributed by atoms with Crippen LogP contribution in [-0.2, 0) is 0 Å². The van der Waals surface area contributed by atoms with Gasteiger partial charge in [-0.2, -0.15) is 0 Å². The first-order valence-corrected chi connectivity index (χ1v) is 8.12. The Morgan fingerprint density at radius 2 is 1.95 bits per heavy atom. The van der Waals surface area contributed by atoms with E-state index in [1.54, 1.807) is 0 Å². The van der Waals surface area contributed by atoms with Gasteiger partial charge in [-0.05, 0) is 29.9 Å². The van der Waals surface area contributed by atoms with E-state index in [1.165, 1.54) is 10.5 Å². The van der Waals surface area contributed by atoms with Gasteiger partial charge in [-0.1, -0.05) is 19.1 Å². The van der Waals surface area contributed by atoms with Crippen molar-refractivity contribution in [3.8, 4) is 0 Å². The van der Waals surface area contributed by atoms with Crippen LogP contribution in [0.4, 0.5) is 0 Å². The third kappa shape index (κ3) is 4.21. The van der Waals surface area contributed by atoms with Crippen molar-refractivity contribution < 1.29 is 5.11 Å². The molecule has 1 aromatic rings. The van der Waals surface area contributed by atoms with Gasteiger partial charge in [-0.3, -0.25) is 4.90 Å². The SMILES string of the molecule is CCSc1ccc([C@@H](CCO)N2CCNCC2)cc1. The highest BCUT2D eigenvalue weighted by molar-refractivity contribution is 7.99. The number of hydrogen-bond acceptors (Lipinski definition) is 4. The van der Waals surface area contributed by atoms with Crippen molar-refractivity contribution >= 4 is 11.8 Å². The quantitative estimate of drug-likeness (QED) is 0.783. The molecule has 0 radical (unpaired) electrons. The summed E-state index contributed by atoms with van der Waals surface area (Å²) >= 11 is 1.87. The molecule has 0 amide bonds. The summed E-state index contributed by atoms with van der Waals surface area (Å²) in [5.41, 5.74) is 1.33. The fourth-order valence-electron chi connectivity index (χ4n) is 2.63. The smallest absolute Gasteiger partial charge is 0.0449 e. The monoisotopic (exact) mass is 280 g/mol. The lowest BCUT2D eigenvalue weighted by Gasteiger charge is -2.35. The lowest BCUT2D eigenvalue weighted by atomic mass is 10.0. The number of benzene rings is 1. The van der Waals surface area contributed by atoms with Crippen molar-refractivity contribution in [3.63, 3.8) is 0 Å². The van der Waals surface area contributed by atoms with E-state index in [-0.39, 0.29) is 6.61 Å². The van der Waals surface area contributed by atoms with Crippen LogP contribution in [0.3, 0.4) is 0 Å². The molecule has 1 heterocycles. The zero-order chi connectivity index (χ0) is 13.5. The number of piperazine rings is 1. The molecule has 1 aliphatic rings. The Labute approximate surface area is 120 Å². The summed E-state index contributed by atoms with van der Waals surface area (Å²) < 4.78 is 0. The fraction of sp³-hybridized carbons (Fsp3) is 0.600. The van der Waals surface area contributed by atoms with Gasteiger partial charge in [-0.25, -0.2) is 0 Å². The first-order valence-electron chi connectivity index (χ1n) is 7.13. The number of nitrogens with one attached hydrogen (secondary N) is 1. The normalized spacial score (nSPS) is 18.4. The van der Waals surface area contributed by atoms with Gasteiger partial charge in [0.05, 0.1) is 0 Å². The second kappa shape index (κ2) is 7.90. The molecule has 0 aromatic heterocycles. The van der Waals surface area contributed by atoms with Crippen LogP contribution in [-0.4, -0.2) is 48.5 Å². The summed E-state index contributed by atoms with van der Waals surface area (Å²) in [7, 11) is 0. The number of hydrogen-bond donors (Lipinski definition) is 2. The Hall–Kier alpha value is -0.550. The zero-order valence-corrected chi connectivity index (χ0v) is 12.5. The van der Waals surface area contributed by atoms with E-state index in [0.29, 0.717) is 6.04 Å². The lowest BCUT2D eigenvalue weighted by Crippen LogP contribution is -2.45. The van der Waals surface area contributed by atoms with Gasteiger partial charge >= 0.3 is 0 Å². The molecule has 4 heteroatoms. The van der Waals surface area contributed by atoms with E-state index in [1.807, 2.05) is 11.8 Å². The van der Waals surface area contributed by atoms with Crippen LogP contribution in [0.15, 0.2) is 29.2 Å². The van der Waals surface area contributed by atoms with Crippen molar-refractivity contribution in [3.05, 3.63) is 29.8 Å². The summed E-state index contributed by atoms with van der Waals surface area (Å²) in [6.07, 6.45) is 0.820. The summed E-state index contributed by atoms with van der Waals surface area (Å²) in [5, 5.41) is 12.7. The molecule has 0 aliphatic carbocycles. The maximum atomic E-state index is 9.32. The standard InChI is InChI=1S/C15H24N2OS/c1-2-19-14-5-3-13(4-6-14)15(7-12-18)17-10-8-16-9-11-17/h3-6,15-16,18H,2,7-12H2,1H3/t15-/m1/s1. The van der Waals surface area contributed by atoms with Crippen molar-refractivity contribution in [2.75, 3.05) is 38.5 Å². The molecule has 0 spiro atoms. The Balaban J connectivity index is 2.08. The molecule has 1 saturated heterocycles. The second-order valence-corrected chi connectivity index (χ2v) is 6.15. The molecule has 3 nitrogen and oxygen atoms in total. The first-order chi connectivity index (χ1) is 9.35. The number of nitrogens with zero attached hydrogens (tertiary/aromatic N) is 1. The highest BCUT2D eigenvalue weighted by atomic mass is 32.2. The number of thioether (sulfide) groups is 1. The van der Waals surface area contributed by atoms with E-state index < -0.39 is 0 Å². The summed E-state index contributed by atoms with van der Waals surface area (Å²) in [5.74, 6) is 1.11. The van der Waals surface area contributed by atoms with E-state index in [4.69, 9.17) is 0 Å². The summed E-state index contributed by atoms with van der Waals surface area (Å²) in [4.78, 5) is 3.81. The summed E-state index contributed by atoms with van der Waals surface area (Å²) in [6, 6.07) is 9.21. The van der Waals surface area contributed by atoms with Crippen LogP contribution < -0.4 is 5.32 Å². The van der Waals surface area contributed by atoms with Crippen LogP contribution in [0.25, 0.3) is 0 Å². The molecule has 0 unspecified atom stereocenters. The van der Waals surface area contributed by atoms with Gasteiger partial charge in [0, 0.05) is 43.7 Å². The van der Waals surface area contributed by atoms with Gasteiger partial charge in [0.2, 0.25) is 0 Å². The molecule has 0 bridgehead atoms. The lowest BCUT2D eigenvalue weighted by molar-refractivity contribution is 0.141. The zero-order valence-electron chi connectivity index (χ0n) is 11.6. The molecular formula is C15H24N2OS. The molecule has 2 N–H and O–H groups in total. The van der Waals surface area contributed by atoms with Gasteiger partial charge in [0.1, 0.15) is 0 Å². The van der Waals surface area contributed by atoms with Crippen molar-refractivity contribution in [1.82, 2.24) is 10.2 Å². The Morgan fingerprint density at radius 1 is 1.26 bits per heavy atom. The van der Waals surface area contributed by atoms with Crippen molar-refractivity contribution in [2.45, 2.75) is 24.3 Å². The predicted octanol–water partition coefficient (Wildman–Crippen LogP) is 2.13. The highest BCUT2D eigenvalue weighted by Gasteiger charge is 2.21. The second-order valence-electron chi connectivity index (χ2n) is 4.82. The third-order valence-corrected chi connectivity index (χ3v) is 4.46. The van der Waals surface area contributed by atoms with Gasteiger partial charge < -0.3 is 10.4 Å². The molecule has 106 valence electrons. The average molecular weight is 280 g/mol. The Morgan fingerprint density at radius 3 is 2.53 bits per heavy atom. The van der Waals surface area contributed by atoms with Crippen LogP contribution >= 0.6 is 11.8 Å². The maximum absolute atomic E-state index is 9.32. The van der Waals surface area contributed by atoms with Crippen LogP contribution in [0, 0.1) is 0 Å². The Bertz CT molecular complexity index is 363. The molecular weight excluding hydrogens is 256 g/mol. The van der Waals surface area contributed by atoms with Crippen LogP contribution in [0.5, 0.6) is 0 Å². The molecule has 0 saturated carbocycles. The molecule has 1 aliphatic heterocycles. The molecule has 1 aromatic carbocycles. The minimum atomic E-state index is 0.250. The third-order valence-electron chi connectivity index (χ3n) is 3.57. The predicted molar refractivity (Wildman–Crippen MR) is 81.7 cm³/mol. The van der Waals surface area contributed by atoms with Crippen LogP contribution in [0.2, 0.25) is 0 Å². The number of aliphatic hydroxyl groups is 1. The first kappa shape index (κ1) is 14.9. The van der Waals surface area contributed by atoms with Gasteiger partial charge in [-0.15, -0.1) is 11.8 Å². The van der Waals surface area contributed by atoms with E-state index in [9.17, 15) is 5.11 Å². The van der Waals surface area contributed by atoms with E-state index >= 15 is 0 Å². The van der Waals surface area contributed by atoms with Crippen molar-refractivity contribution in [2.24, 2.45) is 0 Å². The molecule has 19 heavy (non-hydrogen) atoms. The number of aliphatic hydroxyl groups excluding tert-OH is 1. The number of rotatable bonds is 6. The minimum Gasteiger partial charge on any atom is -0.396 e. The largest absolute Gasteiger partial charge is 0.396 e. The van der Waals surface area contributed by atoms with Gasteiger partial charge in [0.25, 0.3) is 0 Å². The molecule has 2 rings (SSSR count). The maximum Gasteiger partial charge on any atom is 0.0449 e. The minimum absolute atomic E-state index is 0.250. The van der Waals surface area contributed by atoms with E-state index in [2.05, 4.69) is 41.4 Å². The fourth-order valence-corrected chi connectivity index (χ4v) is 3.29. The molecule has 1 atom stereocenters. The average Bonchev–Trinajstić information content (AvgIpc) is 2.47. The topological polar surface area (TPSA) is 35.5 Å². The van der Waals surface area contributed by atoms with E-state index in [0.717, 1.165) is 38.4 Å². The molecule has 1 fully saturated rings. The van der Waals surface area contributed by atoms with Gasteiger partial charge in [0.15, 0.2) is 0 Å². The summed E-state index contributed by atoms with van der Waals surface area (Å²) in [6.45, 7) is 6.65. The van der Waals surface area contributed by atoms with Crippen LogP contribution in [0.1, 0.15) is 24.9 Å². The Kier molecular flexibility index (Phi) is 6.17.